The molecule has 7 nitrogen and oxygen atoms in total. The van der Waals surface area contributed by atoms with Crippen LogP contribution in [0.15, 0.2) is 6.07 Å². The van der Waals surface area contributed by atoms with Crippen molar-refractivity contribution in [2.24, 2.45) is 5.84 Å². The van der Waals surface area contributed by atoms with Gasteiger partial charge in [-0.15, -0.1) is 0 Å². The number of nitrogens with two attached hydrogens (primary N) is 1. The molecule has 1 unspecified atom stereocenters. The first-order valence-corrected chi connectivity index (χ1v) is 6.39. The topological polar surface area (TPSA) is 88.3 Å². The molecule has 108 valence electrons. The van der Waals surface area contributed by atoms with E-state index in [9.17, 15) is 0 Å². The van der Waals surface area contributed by atoms with Crippen molar-refractivity contribution in [3.05, 3.63) is 11.9 Å². The molecule has 0 aliphatic rings. The molecule has 1 aromatic heterocycles. The highest BCUT2D eigenvalue weighted by atomic mass is 16.5. The Balaban J connectivity index is 2.70. The molecule has 4 N–H and O–H groups in total. The van der Waals surface area contributed by atoms with Crippen LogP contribution in [0.1, 0.15) is 19.7 Å². The molecular weight excluding hydrogens is 244 g/mol. The summed E-state index contributed by atoms with van der Waals surface area (Å²) in [5.41, 5.74) is 2.54. The van der Waals surface area contributed by atoms with E-state index < -0.39 is 0 Å². The summed E-state index contributed by atoms with van der Waals surface area (Å²) in [4.78, 5) is 10.8. The highest BCUT2D eigenvalue weighted by molar-refractivity contribution is 5.46. The molecule has 7 heteroatoms. The maximum absolute atomic E-state index is 5.40. The Kier molecular flexibility index (Phi) is 6.48. The fraction of sp³-hybridized carbons (Fsp3) is 0.667. The quantitative estimate of drug-likeness (QED) is 0.471. The van der Waals surface area contributed by atoms with Crippen LogP contribution >= 0.6 is 0 Å². The predicted molar refractivity (Wildman–Crippen MR) is 76.8 cm³/mol. The van der Waals surface area contributed by atoms with Crippen molar-refractivity contribution in [2.75, 3.05) is 38.0 Å². The molecule has 0 amide bonds. The highest BCUT2D eigenvalue weighted by Crippen LogP contribution is 2.11. The van der Waals surface area contributed by atoms with Gasteiger partial charge in [0.15, 0.2) is 5.82 Å². The van der Waals surface area contributed by atoms with Crippen LogP contribution in [0.25, 0.3) is 0 Å². The van der Waals surface area contributed by atoms with Gasteiger partial charge in [-0.1, -0.05) is 0 Å². The average molecular weight is 268 g/mol. The minimum absolute atomic E-state index is 0.379. The molecule has 0 radical (unpaired) electrons. The fourth-order valence-corrected chi connectivity index (χ4v) is 1.35. The van der Waals surface area contributed by atoms with Crippen molar-refractivity contribution < 1.29 is 4.74 Å². The zero-order valence-corrected chi connectivity index (χ0v) is 12.1. The van der Waals surface area contributed by atoms with Crippen LogP contribution in [0.4, 0.5) is 11.6 Å². The van der Waals surface area contributed by atoms with Crippen LogP contribution in [0, 0.1) is 0 Å². The number of nitrogens with one attached hydrogen (secondary N) is 2. The molecule has 1 heterocycles. The van der Waals surface area contributed by atoms with E-state index in [0.717, 1.165) is 12.4 Å². The number of anilines is 2. The standard InChI is InChI=1S/C12H24N6O/c1-5-19-8-12-15-10(6-11(16-12)17-13)14-7-9(2)18(3)4/h6,9H,5,7-8,13H2,1-4H3,(H2,14,15,16,17). The maximum atomic E-state index is 5.40. The molecule has 0 saturated heterocycles. The van der Waals surface area contributed by atoms with Crippen molar-refractivity contribution in [1.29, 1.82) is 0 Å². The Hall–Kier alpha value is -1.44. The number of rotatable bonds is 8. The predicted octanol–water partition coefficient (Wildman–Crippen LogP) is 0.661. The van der Waals surface area contributed by atoms with E-state index in [2.05, 4.69) is 32.5 Å². The van der Waals surface area contributed by atoms with Gasteiger partial charge in [-0.2, -0.15) is 0 Å². The molecule has 0 bridgehead atoms. The summed E-state index contributed by atoms with van der Waals surface area (Å²) in [6.07, 6.45) is 0. The van der Waals surface area contributed by atoms with E-state index in [1.165, 1.54) is 0 Å². The largest absolute Gasteiger partial charge is 0.374 e. The molecule has 0 spiro atoms. The highest BCUT2D eigenvalue weighted by Gasteiger charge is 2.07. The number of ether oxygens (including phenoxy) is 1. The van der Waals surface area contributed by atoms with Crippen LogP contribution in [-0.2, 0) is 11.3 Å². The van der Waals surface area contributed by atoms with Crippen LogP contribution in [0.3, 0.4) is 0 Å². The van der Waals surface area contributed by atoms with E-state index in [1.807, 2.05) is 21.0 Å². The molecule has 1 atom stereocenters. The molecular formula is C12H24N6O. The molecule has 0 saturated carbocycles. The summed E-state index contributed by atoms with van der Waals surface area (Å²) < 4.78 is 5.31. The normalized spacial score (nSPS) is 12.5. The first-order valence-electron chi connectivity index (χ1n) is 6.39. The average Bonchev–Trinajstić information content (AvgIpc) is 2.42. The fourth-order valence-electron chi connectivity index (χ4n) is 1.35. The zero-order chi connectivity index (χ0) is 14.3. The van der Waals surface area contributed by atoms with E-state index in [1.54, 1.807) is 6.07 Å². The van der Waals surface area contributed by atoms with E-state index >= 15 is 0 Å². The molecule has 19 heavy (non-hydrogen) atoms. The van der Waals surface area contributed by atoms with Gasteiger partial charge in [0.1, 0.15) is 18.2 Å². The second-order valence-electron chi connectivity index (χ2n) is 4.53. The number of hydrogen-bond acceptors (Lipinski definition) is 7. The van der Waals surface area contributed by atoms with Gasteiger partial charge in [-0.05, 0) is 27.9 Å². The minimum Gasteiger partial charge on any atom is -0.374 e. The Labute approximate surface area is 114 Å². The number of likely N-dealkylation sites (N-methyl/N-ethyl adjacent to an activating group) is 1. The Morgan fingerprint density at radius 2 is 2.05 bits per heavy atom. The second kappa shape index (κ2) is 7.88. The molecule has 0 aliphatic heterocycles. The van der Waals surface area contributed by atoms with Gasteiger partial charge in [0.25, 0.3) is 0 Å². The third kappa shape index (κ3) is 5.37. The SMILES string of the molecule is CCOCc1nc(NN)cc(NCC(C)N(C)C)n1. The van der Waals surface area contributed by atoms with Gasteiger partial charge in [0.05, 0.1) is 0 Å². The Morgan fingerprint density at radius 1 is 1.37 bits per heavy atom. The second-order valence-corrected chi connectivity index (χ2v) is 4.53. The monoisotopic (exact) mass is 268 g/mol. The smallest absolute Gasteiger partial charge is 0.158 e. The summed E-state index contributed by atoms with van der Waals surface area (Å²) >= 11 is 0. The van der Waals surface area contributed by atoms with Crippen LogP contribution in [0.5, 0.6) is 0 Å². The lowest BCUT2D eigenvalue weighted by atomic mass is 10.3. The van der Waals surface area contributed by atoms with Crippen LogP contribution in [0.2, 0.25) is 0 Å². The third-order valence-corrected chi connectivity index (χ3v) is 2.82. The van der Waals surface area contributed by atoms with Gasteiger partial charge in [-0.3, -0.25) is 0 Å². The van der Waals surface area contributed by atoms with Crippen LogP contribution < -0.4 is 16.6 Å². The summed E-state index contributed by atoms with van der Waals surface area (Å²) in [5.74, 6) is 7.33. The first-order chi connectivity index (χ1) is 9.06. The summed E-state index contributed by atoms with van der Waals surface area (Å²) in [6, 6.07) is 2.18. The van der Waals surface area contributed by atoms with E-state index in [0.29, 0.717) is 30.9 Å². The number of hydrogen-bond donors (Lipinski definition) is 3. The Bertz CT molecular complexity index is 384. The van der Waals surface area contributed by atoms with Gasteiger partial charge in [0, 0.05) is 25.3 Å². The number of aromatic nitrogens is 2. The number of nitrogens with zero attached hydrogens (tertiary/aromatic N) is 3. The molecule has 1 rings (SSSR count). The van der Waals surface area contributed by atoms with Crippen molar-refractivity contribution in [3.8, 4) is 0 Å². The minimum atomic E-state index is 0.379. The van der Waals surface area contributed by atoms with E-state index in [4.69, 9.17) is 10.6 Å². The van der Waals surface area contributed by atoms with Gasteiger partial charge >= 0.3 is 0 Å². The first kappa shape index (κ1) is 15.6. The number of nitrogen functional groups attached to an aromatic ring is 1. The van der Waals surface area contributed by atoms with E-state index in [-0.39, 0.29) is 0 Å². The lowest BCUT2D eigenvalue weighted by Crippen LogP contribution is -2.31. The van der Waals surface area contributed by atoms with Gasteiger partial charge in [0.2, 0.25) is 0 Å². The van der Waals surface area contributed by atoms with Crippen LogP contribution in [-0.4, -0.2) is 48.2 Å². The maximum Gasteiger partial charge on any atom is 0.158 e. The lowest BCUT2D eigenvalue weighted by Gasteiger charge is -2.20. The Morgan fingerprint density at radius 3 is 2.63 bits per heavy atom. The summed E-state index contributed by atoms with van der Waals surface area (Å²) in [7, 11) is 4.08. The third-order valence-electron chi connectivity index (χ3n) is 2.82. The van der Waals surface area contributed by atoms with Crippen molar-refractivity contribution in [2.45, 2.75) is 26.5 Å². The molecule has 0 fully saturated rings. The van der Waals surface area contributed by atoms with Gasteiger partial charge < -0.3 is 20.4 Å². The van der Waals surface area contributed by atoms with Gasteiger partial charge in [-0.25, -0.2) is 15.8 Å². The summed E-state index contributed by atoms with van der Waals surface area (Å²) in [5, 5.41) is 3.27. The van der Waals surface area contributed by atoms with Crippen molar-refractivity contribution in [1.82, 2.24) is 14.9 Å². The zero-order valence-electron chi connectivity index (χ0n) is 12.1. The number of hydrazine groups is 1. The van der Waals surface area contributed by atoms with Crippen molar-refractivity contribution >= 4 is 11.6 Å². The van der Waals surface area contributed by atoms with Crippen molar-refractivity contribution in [3.63, 3.8) is 0 Å². The molecule has 0 aromatic carbocycles. The molecule has 1 aromatic rings. The summed E-state index contributed by atoms with van der Waals surface area (Å²) in [6.45, 7) is 5.87. The molecule has 0 aliphatic carbocycles. The lowest BCUT2D eigenvalue weighted by molar-refractivity contribution is 0.128.